The molecular weight excluding hydrogens is 237 g/mol. The van der Waals surface area contributed by atoms with Gasteiger partial charge in [0.2, 0.25) is 0 Å². The Balaban J connectivity index is 2.58. The summed E-state index contributed by atoms with van der Waals surface area (Å²) in [5, 5.41) is 3.07. The summed E-state index contributed by atoms with van der Waals surface area (Å²) in [6.07, 6.45) is 1.30. The summed E-state index contributed by atoms with van der Waals surface area (Å²) < 4.78 is 11.3. The molecule has 0 aliphatic carbocycles. The molecule has 4 nitrogen and oxygen atoms in total. The van der Waals surface area contributed by atoms with Crippen LogP contribution in [0.4, 0.5) is 5.69 Å². The van der Waals surface area contributed by atoms with Gasteiger partial charge in [-0.2, -0.15) is 0 Å². The average Bonchev–Trinajstić information content (AvgIpc) is 2.25. The van der Waals surface area contributed by atoms with Gasteiger partial charge < -0.3 is 15.1 Å². The molecule has 0 spiro atoms. The van der Waals surface area contributed by atoms with Crippen LogP contribution in [-0.4, -0.2) is 22.0 Å². The van der Waals surface area contributed by atoms with Crippen LogP contribution in [0.15, 0.2) is 24.3 Å². The molecular formula is C12H20NO3P. The summed E-state index contributed by atoms with van der Waals surface area (Å²) in [4.78, 5) is 18.4. The van der Waals surface area contributed by atoms with Crippen LogP contribution in [0.2, 0.25) is 0 Å². The molecule has 0 bridgehead atoms. The molecule has 1 aromatic carbocycles. The molecule has 1 unspecified atom stereocenters. The summed E-state index contributed by atoms with van der Waals surface area (Å²) in [5.74, 6) is 0. The third kappa shape index (κ3) is 4.90. The third-order valence-electron chi connectivity index (χ3n) is 2.69. The second kappa shape index (κ2) is 6.20. The number of hydrogen-bond donors (Lipinski definition) is 3. The largest absolute Gasteiger partial charge is 0.384 e. The van der Waals surface area contributed by atoms with E-state index in [9.17, 15) is 14.4 Å². The molecule has 17 heavy (non-hydrogen) atoms. The van der Waals surface area contributed by atoms with E-state index in [2.05, 4.69) is 5.32 Å². The Morgan fingerprint density at radius 3 is 2.35 bits per heavy atom. The molecule has 1 atom stereocenters. The highest BCUT2D eigenvalue weighted by Gasteiger charge is 2.27. The molecule has 0 saturated carbocycles. The van der Waals surface area contributed by atoms with Crippen molar-refractivity contribution in [2.75, 3.05) is 11.9 Å². The maximum absolute atomic E-state index is 11.3. The van der Waals surface area contributed by atoms with Crippen LogP contribution in [0, 0.1) is 6.92 Å². The Morgan fingerprint density at radius 1 is 1.29 bits per heavy atom. The van der Waals surface area contributed by atoms with E-state index < -0.39 is 13.3 Å². The fourth-order valence-electron chi connectivity index (χ4n) is 1.63. The predicted molar refractivity (Wildman–Crippen MR) is 70.4 cm³/mol. The molecule has 0 aliphatic heterocycles. The molecule has 0 aromatic heterocycles. The van der Waals surface area contributed by atoms with Crippen molar-refractivity contribution in [3.63, 3.8) is 0 Å². The molecule has 1 rings (SSSR count). The molecule has 3 N–H and O–H groups in total. The number of rotatable bonds is 6. The first-order chi connectivity index (χ1) is 7.93. The average molecular weight is 257 g/mol. The first-order valence-corrected chi connectivity index (χ1v) is 7.47. The van der Waals surface area contributed by atoms with Gasteiger partial charge in [-0.05, 0) is 25.5 Å². The fraction of sp³-hybridized carbons (Fsp3) is 0.500. The van der Waals surface area contributed by atoms with Gasteiger partial charge in [0.1, 0.15) is 0 Å². The Morgan fingerprint density at radius 2 is 1.88 bits per heavy atom. The van der Waals surface area contributed by atoms with Crippen molar-refractivity contribution in [2.45, 2.75) is 32.3 Å². The molecule has 0 radical (unpaired) electrons. The Kier molecular flexibility index (Phi) is 5.19. The van der Waals surface area contributed by atoms with Gasteiger partial charge in [0.25, 0.3) is 0 Å². The summed E-state index contributed by atoms with van der Waals surface area (Å²) >= 11 is 0. The highest BCUT2D eigenvalue weighted by molar-refractivity contribution is 7.52. The minimum absolute atomic E-state index is 0.307. The lowest BCUT2D eigenvalue weighted by molar-refractivity contribution is 0.355. The second-order valence-electron chi connectivity index (χ2n) is 4.28. The lowest BCUT2D eigenvalue weighted by Crippen LogP contribution is -2.20. The summed E-state index contributed by atoms with van der Waals surface area (Å²) in [5.41, 5.74) is 1.45. The van der Waals surface area contributed by atoms with Gasteiger partial charge >= 0.3 is 7.60 Å². The standard InChI is InChI=1S/C12H20NO3P/c1-3-4-12(17(14,15)16)9-13-11-7-5-10(2)6-8-11/h5-8,12-13H,3-4,9H2,1-2H3,(H2,14,15,16). The Hall–Kier alpha value is -0.830. The van der Waals surface area contributed by atoms with Crippen LogP contribution in [0.5, 0.6) is 0 Å². The van der Waals surface area contributed by atoms with Crippen molar-refractivity contribution in [3.8, 4) is 0 Å². The van der Waals surface area contributed by atoms with E-state index in [0.29, 0.717) is 13.0 Å². The highest BCUT2D eigenvalue weighted by Crippen LogP contribution is 2.43. The first-order valence-electron chi connectivity index (χ1n) is 5.79. The number of hydrogen-bond acceptors (Lipinski definition) is 2. The minimum Gasteiger partial charge on any atom is -0.384 e. The van der Waals surface area contributed by atoms with Gasteiger partial charge in [0, 0.05) is 12.2 Å². The van der Waals surface area contributed by atoms with Gasteiger partial charge in [0.15, 0.2) is 0 Å². The van der Waals surface area contributed by atoms with Gasteiger partial charge in [-0.15, -0.1) is 0 Å². The van der Waals surface area contributed by atoms with Crippen molar-refractivity contribution < 1.29 is 14.4 Å². The maximum atomic E-state index is 11.3. The number of nitrogens with one attached hydrogen (secondary N) is 1. The fourth-order valence-corrected chi connectivity index (χ4v) is 2.55. The first kappa shape index (κ1) is 14.2. The lowest BCUT2D eigenvalue weighted by Gasteiger charge is -2.18. The maximum Gasteiger partial charge on any atom is 0.330 e. The number of aryl methyl sites for hydroxylation is 1. The quantitative estimate of drug-likeness (QED) is 0.685. The third-order valence-corrected chi connectivity index (χ3v) is 4.08. The van der Waals surface area contributed by atoms with E-state index in [0.717, 1.165) is 17.7 Å². The zero-order chi connectivity index (χ0) is 12.9. The normalized spacial score (nSPS) is 13.4. The lowest BCUT2D eigenvalue weighted by atomic mass is 10.2. The molecule has 0 heterocycles. The van der Waals surface area contributed by atoms with Crippen LogP contribution in [-0.2, 0) is 4.57 Å². The Labute approximate surface area is 102 Å². The van der Waals surface area contributed by atoms with Crippen LogP contribution in [0.3, 0.4) is 0 Å². The van der Waals surface area contributed by atoms with Crippen LogP contribution >= 0.6 is 7.60 Å². The van der Waals surface area contributed by atoms with Gasteiger partial charge in [-0.1, -0.05) is 31.0 Å². The van der Waals surface area contributed by atoms with E-state index in [-0.39, 0.29) is 0 Å². The monoisotopic (exact) mass is 257 g/mol. The zero-order valence-electron chi connectivity index (χ0n) is 10.3. The van der Waals surface area contributed by atoms with Crippen molar-refractivity contribution in [1.29, 1.82) is 0 Å². The van der Waals surface area contributed by atoms with Crippen LogP contribution in [0.1, 0.15) is 25.3 Å². The van der Waals surface area contributed by atoms with Crippen LogP contribution < -0.4 is 5.32 Å². The summed E-state index contributed by atoms with van der Waals surface area (Å²) in [7, 11) is -4.00. The minimum atomic E-state index is -4.00. The van der Waals surface area contributed by atoms with Gasteiger partial charge in [-0.3, -0.25) is 4.57 Å². The van der Waals surface area contributed by atoms with E-state index >= 15 is 0 Å². The van der Waals surface area contributed by atoms with Crippen molar-refractivity contribution >= 4 is 13.3 Å². The zero-order valence-corrected chi connectivity index (χ0v) is 11.2. The predicted octanol–water partition coefficient (Wildman–Crippen LogP) is 2.75. The van der Waals surface area contributed by atoms with E-state index in [1.54, 1.807) is 0 Å². The SMILES string of the molecule is CCCC(CNc1ccc(C)cc1)P(=O)(O)O. The molecule has 5 heteroatoms. The van der Waals surface area contributed by atoms with E-state index in [1.807, 2.05) is 38.1 Å². The molecule has 1 aromatic rings. The second-order valence-corrected chi connectivity index (χ2v) is 6.19. The molecule has 96 valence electrons. The van der Waals surface area contributed by atoms with Crippen molar-refractivity contribution in [3.05, 3.63) is 29.8 Å². The summed E-state index contributed by atoms with van der Waals surface area (Å²) in [6.45, 7) is 4.23. The smallest absolute Gasteiger partial charge is 0.330 e. The molecule has 0 amide bonds. The van der Waals surface area contributed by atoms with Crippen molar-refractivity contribution in [1.82, 2.24) is 0 Å². The van der Waals surface area contributed by atoms with Crippen LogP contribution in [0.25, 0.3) is 0 Å². The Bertz CT molecular complexity index is 385. The molecule has 0 aliphatic rings. The van der Waals surface area contributed by atoms with E-state index in [1.165, 1.54) is 0 Å². The van der Waals surface area contributed by atoms with Gasteiger partial charge in [-0.25, -0.2) is 0 Å². The molecule has 0 saturated heterocycles. The topological polar surface area (TPSA) is 69.6 Å². The van der Waals surface area contributed by atoms with E-state index in [4.69, 9.17) is 0 Å². The number of anilines is 1. The van der Waals surface area contributed by atoms with Crippen molar-refractivity contribution in [2.24, 2.45) is 0 Å². The highest BCUT2D eigenvalue weighted by atomic mass is 31.2. The number of benzene rings is 1. The van der Waals surface area contributed by atoms with Gasteiger partial charge in [0.05, 0.1) is 5.66 Å². The summed E-state index contributed by atoms with van der Waals surface area (Å²) in [6, 6.07) is 7.76. The molecule has 0 fully saturated rings.